The zero-order valence-electron chi connectivity index (χ0n) is 9.22. The summed E-state index contributed by atoms with van der Waals surface area (Å²) in [4.78, 5) is 24.3. The first-order chi connectivity index (χ1) is 7.68. The number of aliphatic carboxylic acids is 1. The van der Waals surface area contributed by atoms with Gasteiger partial charge in [0.25, 0.3) is 0 Å². The molecule has 2 aliphatic rings. The summed E-state index contributed by atoms with van der Waals surface area (Å²) in [5, 5.41) is 8.89. The Labute approximate surface area is 94.4 Å². The monoisotopic (exact) mass is 227 g/mol. The van der Waals surface area contributed by atoms with Gasteiger partial charge in [-0.1, -0.05) is 0 Å². The van der Waals surface area contributed by atoms with Crippen molar-refractivity contribution >= 4 is 11.9 Å². The third-order valence-electron chi connectivity index (χ3n) is 3.51. The van der Waals surface area contributed by atoms with Crippen molar-refractivity contribution in [3.8, 4) is 0 Å². The van der Waals surface area contributed by atoms with E-state index in [0.29, 0.717) is 26.0 Å². The Morgan fingerprint density at radius 1 is 1.31 bits per heavy atom. The molecule has 0 radical (unpaired) electrons. The van der Waals surface area contributed by atoms with E-state index in [2.05, 4.69) is 0 Å². The highest BCUT2D eigenvalue weighted by Crippen LogP contribution is 2.28. The summed E-state index contributed by atoms with van der Waals surface area (Å²) in [6.45, 7) is 1.44. The fraction of sp³-hybridized carbons (Fsp3) is 0.818. The molecule has 1 amide bonds. The number of morpholine rings is 1. The Morgan fingerprint density at radius 2 is 2.00 bits per heavy atom. The second kappa shape index (κ2) is 4.82. The summed E-state index contributed by atoms with van der Waals surface area (Å²) in [6.07, 6.45) is 2.99. The SMILES string of the molecule is O=C(O)C1CCC(N2CCOCC2=O)CC1. The molecule has 5 heteroatoms. The summed E-state index contributed by atoms with van der Waals surface area (Å²) in [7, 11) is 0. The fourth-order valence-corrected chi connectivity index (χ4v) is 2.55. The van der Waals surface area contributed by atoms with Crippen LogP contribution in [0.5, 0.6) is 0 Å². The summed E-state index contributed by atoms with van der Waals surface area (Å²) in [5.74, 6) is -0.871. The molecule has 1 saturated heterocycles. The molecule has 1 aliphatic carbocycles. The van der Waals surface area contributed by atoms with Crippen molar-refractivity contribution < 1.29 is 19.4 Å². The minimum Gasteiger partial charge on any atom is -0.481 e. The molecule has 0 aromatic heterocycles. The van der Waals surface area contributed by atoms with Crippen LogP contribution in [0.25, 0.3) is 0 Å². The molecular formula is C11H17NO4. The van der Waals surface area contributed by atoms with Crippen molar-refractivity contribution in [2.45, 2.75) is 31.7 Å². The smallest absolute Gasteiger partial charge is 0.306 e. The first-order valence-electron chi connectivity index (χ1n) is 5.78. The first kappa shape index (κ1) is 11.4. The van der Waals surface area contributed by atoms with E-state index in [-0.39, 0.29) is 24.5 Å². The quantitative estimate of drug-likeness (QED) is 0.745. The Kier molecular flexibility index (Phi) is 3.43. The zero-order valence-corrected chi connectivity index (χ0v) is 9.22. The van der Waals surface area contributed by atoms with Gasteiger partial charge in [0, 0.05) is 12.6 Å². The van der Waals surface area contributed by atoms with E-state index in [1.165, 1.54) is 0 Å². The maximum absolute atomic E-state index is 11.6. The van der Waals surface area contributed by atoms with Gasteiger partial charge in [-0.25, -0.2) is 0 Å². The van der Waals surface area contributed by atoms with Gasteiger partial charge >= 0.3 is 5.97 Å². The van der Waals surface area contributed by atoms with Crippen LogP contribution in [0.15, 0.2) is 0 Å². The van der Waals surface area contributed by atoms with Crippen molar-refractivity contribution in [2.75, 3.05) is 19.8 Å². The molecule has 0 bridgehead atoms. The van der Waals surface area contributed by atoms with E-state index in [1.807, 2.05) is 4.90 Å². The number of carboxylic acid groups (broad SMARTS) is 1. The maximum Gasteiger partial charge on any atom is 0.306 e. The highest BCUT2D eigenvalue weighted by molar-refractivity contribution is 5.78. The average molecular weight is 227 g/mol. The summed E-state index contributed by atoms with van der Waals surface area (Å²) < 4.78 is 5.08. The number of carboxylic acids is 1. The molecule has 1 heterocycles. The topological polar surface area (TPSA) is 66.8 Å². The summed E-state index contributed by atoms with van der Waals surface area (Å²) in [5.41, 5.74) is 0. The molecule has 0 aromatic carbocycles. The van der Waals surface area contributed by atoms with E-state index >= 15 is 0 Å². The molecule has 2 fully saturated rings. The number of rotatable bonds is 2. The minimum absolute atomic E-state index is 0.0463. The van der Waals surface area contributed by atoms with Gasteiger partial charge in [0.15, 0.2) is 0 Å². The van der Waals surface area contributed by atoms with Crippen LogP contribution in [-0.2, 0) is 14.3 Å². The Morgan fingerprint density at radius 3 is 2.56 bits per heavy atom. The van der Waals surface area contributed by atoms with E-state index in [4.69, 9.17) is 9.84 Å². The lowest BCUT2D eigenvalue weighted by molar-refractivity contribution is -0.148. The summed E-state index contributed by atoms with van der Waals surface area (Å²) >= 11 is 0. The number of carbonyl (C=O) groups is 2. The van der Waals surface area contributed by atoms with Gasteiger partial charge in [-0.05, 0) is 25.7 Å². The van der Waals surface area contributed by atoms with Crippen LogP contribution in [0.3, 0.4) is 0 Å². The van der Waals surface area contributed by atoms with Crippen molar-refractivity contribution in [1.29, 1.82) is 0 Å². The van der Waals surface area contributed by atoms with Crippen LogP contribution in [-0.4, -0.2) is 47.7 Å². The summed E-state index contributed by atoms with van der Waals surface area (Å²) in [6, 6.07) is 0.229. The second-order valence-electron chi connectivity index (χ2n) is 4.48. The zero-order chi connectivity index (χ0) is 11.5. The Balaban J connectivity index is 1.88. The normalized spacial score (nSPS) is 31.5. The standard InChI is InChI=1S/C11H17NO4/c13-10-7-16-6-5-12(10)9-3-1-8(2-4-9)11(14)15/h8-9H,1-7H2,(H,14,15). The molecule has 0 spiro atoms. The van der Waals surface area contributed by atoms with E-state index in [0.717, 1.165) is 12.8 Å². The Bertz CT molecular complexity index is 284. The van der Waals surface area contributed by atoms with Gasteiger partial charge in [-0.2, -0.15) is 0 Å². The van der Waals surface area contributed by atoms with Gasteiger partial charge in [0.1, 0.15) is 6.61 Å². The largest absolute Gasteiger partial charge is 0.481 e. The van der Waals surface area contributed by atoms with E-state index in [1.54, 1.807) is 0 Å². The number of hydrogen-bond acceptors (Lipinski definition) is 3. The molecule has 0 atom stereocenters. The number of ether oxygens (including phenoxy) is 1. The Hall–Kier alpha value is -1.10. The number of carbonyl (C=O) groups excluding carboxylic acids is 1. The maximum atomic E-state index is 11.6. The molecule has 2 rings (SSSR count). The van der Waals surface area contributed by atoms with E-state index < -0.39 is 5.97 Å². The van der Waals surface area contributed by atoms with Crippen LogP contribution < -0.4 is 0 Å². The van der Waals surface area contributed by atoms with Gasteiger partial charge in [-0.3, -0.25) is 9.59 Å². The van der Waals surface area contributed by atoms with Crippen molar-refractivity contribution in [3.63, 3.8) is 0 Å². The van der Waals surface area contributed by atoms with E-state index in [9.17, 15) is 9.59 Å². The molecule has 0 aromatic rings. The molecule has 1 saturated carbocycles. The predicted octanol–water partition coefficient (Wildman–Crippen LogP) is 0.489. The van der Waals surface area contributed by atoms with Crippen molar-refractivity contribution in [3.05, 3.63) is 0 Å². The molecule has 0 unspecified atom stereocenters. The van der Waals surface area contributed by atoms with Gasteiger partial charge < -0.3 is 14.7 Å². The molecule has 1 N–H and O–H groups in total. The van der Waals surface area contributed by atoms with Gasteiger partial charge in [-0.15, -0.1) is 0 Å². The predicted molar refractivity (Wildman–Crippen MR) is 55.9 cm³/mol. The minimum atomic E-state index is -0.702. The van der Waals surface area contributed by atoms with Crippen LogP contribution in [0.4, 0.5) is 0 Å². The molecular weight excluding hydrogens is 210 g/mol. The molecule has 16 heavy (non-hydrogen) atoms. The van der Waals surface area contributed by atoms with Crippen molar-refractivity contribution in [1.82, 2.24) is 4.90 Å². The van der Waals surface area contributed by atoms with Crippen LogP contribution >= 0.6 is 0 Å². The second-order valence-corrected chi connectivity index (χ2v) is 4.48. The molecule has 5 nitrogen and oxygen atoms in total. The molecule has 1 aliphatic heterocycles. The lowest BCUT2D eigenvalue weighted by Gasteiger charge is -2.37. The first-order valence-corrected chi connectivity index (χ1v) is 5.78. The number of hydrogen-bond donors (Lipinski definition) is 1. The lowest BCUT2D eigenvalue weighted by atomic mass is 9.85. The van der Waals surface area contributed by atoms with Crippen LogP contribution in [0.1, 0.15) is 25.7 Å². The van der Waals surface area contributed by atoms with Crippen LogP contribution in [0, 0.1) is 5.92 Å². The van der Waals surface area contributed by atoms with Crippen LogP contribution in [0.2, 0.25) is 0 Å². The highest BCUT2D eigenvalue weighted by Gasteiger charge is 2.32. The lowest BCUT2D eigenvalue weighted by Crippen LogP contribution is -2.49. The number of amides is 1. The van der Waals surface area contributed by atoms with Gasteiger partial charge in [0.2, 0.25) is 5.91 Å². The third-order valence-corrected chi connectivity index (χ3v) is 3.51. The third kappa shape index (κ3) is 2.35. The fourth-order valence-electron chi connectivity index (χ4n) is 2.55. The van der Waals surface area contributed by atoms with Crippen molar-refractivity contribution in [2.24, 2.45) is 5.92 Å². The highest BCUT2D eigenvalue weighted by atomic mass is 16.5. The van der Waals surface area contributed by atoms with Gasteiger partial charge in [0.05, 0.1) is 12.5 Å². The molecule has 90 valence electrons. The number of nitrogens with zero attached hydrogens (tertiary/aromatic N) is 1. The average Bonchev–Trinajstić information content (AvgIpc) is 2.30.